The Bertz CT molecular complexity index is 1590. The number of aryl methyl sites for hydroxylation is 2. The molecule has 0 spiro atoms. The monoisotopic (exact) mass is 789 g/mol. The summed E-state index contributed by atoms with van der Waals surface area (Å²) in [7, 11) is -3.55. The Balaban J connectivity index is 0.000000271. The van der Waals surface area contributed by atoms with Gasteiger partial charge in [0.25, 0.3) is 0 Å². The van der Waals surface area contributed by atoms with Crippen LogP contribution in [0, 0.1) is 11.8 Å². The zero-order valence-electron chi connectivity index (χ0n) is 36.8. The average molecular weight is 789 g/mol. The fraction of sp³-hybridized carbons (Fsp3) is 0.583. The van der Waals surface area contributed by atoms with Gasteiger partial charge in [0.1, 0.15) is 23.0 Å². The van der Waals surface area contributed by atoms with Gasteiger partial charge in [-0.3, -0.25) is 0 Å². The Labute approximate surface area is 338 Å². The first kappa shape index (κ1) is 46.4. The van der Waals surface area contributed by atoms with E-state index in [1.54, 1.807) is 12.1 Å². The van der Waals surface area contributed by atoms with Crippen molar-refractivity contribution in [3.05, 3.63) is 94.1 Å². The minimum atomic E-state index is -1.77. The van der Waals surface area contributed by atoms with Gasteiger partial charge in [-0.05, 0) is 166 Å². The van der Waals surface area contributed by atoms with Gasteiger partial charge in [-0.15, -0.1) is 0 Å². The molecule has 5 rings (SSSR count). The smallest absolute Gasteiger partial charge is 0.242 e. The van der Waals surface area contributed by atoms with E-state index in [-0.39, 0.29) is 29.3 Å². The Morgan fingerprint density at radius 2 is 1.05 bits per heavy atom. The lowest BCUT2D eigenvalue weighted by molar-refractivity contribution is 0.198. The van der Waals surface area contributed by atoms with Crippen LogP contribution in [0.1, 0.15) is 127 Å². The molecule has 0 saturated carbocycles. The van der Waals surface area contributed by atoms with Crippen LogP contribution in [0.5, 0.6) is 23.0 Å². The van der Waals surface area contributed by atoms with Crippen LogP contribution >= 0.6 is 0 Å². The highest BCUT2D eigenvalue weighted by Crippen LogP contribution is 2.49. The van der Waals surface area contributed by atoms with Crippen LogP contribution in [0.2, 0.25) is 39.3 Å². The second-order valence-electron chi connectivity index (χ2n) is 18.4. The van der Waals surface area contributed by atoms with Crippen LogP contribution < -0.4 is 8.85 Å². The number of phenols is 2. The standard InChI is InChI=1S/C25H42O2Si2.C19H26O2.C4H8O/c1-11-12-20-16-23(26-28(5,6)7)25(24(17-20)27-29(8,9)10)22-15-19(4)13-14-21(22)18(2)3;1-5-6-14-10-17(20)19(18(21)11-14)16-9-13(4)7-8-15(16)12(2)3;1-2-4-5-3-1/h15-17,21-22H,2,11-14H2,1,3-10H3;9-11,15-16,20-21H,2,5-8H2,1,3-4H3;1-4H2/t21-,22+;15-,16+;/m00./s1. The van der Waals surface area contributed by atoms with Gasteiger partial charge in [-0.25, -0.2) is 0 Å². The maximum Gasteiger partial charge on any atom is 0.242 e. The lowest BCUT2D eigenvalue weighted by atomic mass is 9.73. The molecule has 0 amide bonds. The molecular weight excluding hydrogens is 713 g/mol. The maximum absolute atomic E-state index is 10.4. The first-order chi connectivity index (χ1) is 25.7. The van der Waals surface area contributed by atoms with Crippen molar-refractivity contribution >= 4 is 16.6 Å². The van der Waals surface area contributed by atoms with Crippen molar-refractivity contribution in [1.82, 2.24) is 0 Å². The molecule has 0 unspecified atom stereocenters. The molecule has 2 aliphatic carbocycles. The lowest BCUT2D eigenvalue weighted by Gasteiger charge is -2.35. The van der Waals surface area contributed by atoms with Crippen molar-refractivity contribution in [2.45, 2.75) is 157 Å². The van der Waals surface area contributed by atoms with Crippen molar-refractivity contribution in [3.63, 3.8) is 0 Å². The average Bonchev–Trinajstić information content (AvgIpc) is 3.64. The first-order valence-electron chi connectivity index (χ1n) is 21.1. The van der Waals surface area contributed by atoms with Crippen LogP contribution in [0.3, 0.4) is 0 Å². The third-order valence-corrected chi connectivity index (χ3v) is 12.2. The van der Waals surface area contributed by atoms with Crippen molar-refractivity contribution in [2.75, 3.05) is 13.2 Å². The number of benzene rings is 2. The molecule has 2 aromatic rings. The summed E-state index contributed by atoms with van der Waals surface area (Å²) in [6.07, 6.45) is 15.6. The molecule has 0 aromatic heterocycles. The summed E-state index contributed by atoms with van der Waals surface area (Å²) in [6, 6.07) is 8.18. The van der Waals surface area contributed by atoms with Crippen molar-refractivity contribution < 1.29 is 23.8 Å². The molecule has 2 N–H and O–H groups in total. The van der Waals surface area contributed by atoms with Crippen LogP contribution in [0.4, 0.5) is 0 Å². The van der Waals surface area contributed by atoms with Crippen LogP contribution in [0.25, 0.3) is 0 Å². The van der Waals surface area contributed by atoms with E-state index in [1.807, 2.05) is 6.92 Å². The Morgan fingerprint density at radius 1 is 0.673 bits per heavy atom. The fourth-order valence-corrected chi connectivity index (χ4v) is 9.68. The summed E-state index contributed by atoms with van der Waals surface area (Å²) in [5.74, 6) is 3.52. The number of aromatic hydroxyl groups is 2. The zero-order valence-corrected chi connectivity index (χ0v) is 38.8. The van der Waals surface area contributed by atoms with Gasteiger partial charge in [0.15, 0.2) is 0 Å². The number of phenolic OH excluding ortho intramolecular Hbond substituents is 2. The summed E-state index contributed by atoms with van der Waals surface area (Å²) >= 11 is 0. The molecule has 4 atom stereocenters. The fourth-order valence-electron chi connectivity index (χ4n) is 8.02. The second kappa shape index (κ2) is 21.0. The molecule has 5 nitrogen and oxygen atoms in total. The Hall–Kier alpha value is -3.01. The van der Waals surface area contributed by atoms with Crippen molar-refractivity contribution in [1.29, 1.82) is 0 Å². The number of hydrogen-bond acceptors (Lipinski definition) is 5. The van der Waals surface area contributed by atoms with Gasteiger partial charge in [0, 0.05) is 36.2 Å². The van der Waals surface area contributed by atoms with Crippen LogP contribution in [-0.4, -0.2) is 40.1 Å². The second-order valence-corrected chi connectivity index (χ2v) is 27.2. The van der Waals surface area contributed by atoms with Crippen molar-refractivity contribution in [3.8, 4) is 23.0 Å². The highest BCUT2D eigenvalue weighted by atomic mass is 28.4. The molecule has 7 heteroatoms. The molecule has 3 aliphatic rings. The summed E-state index contributed by atoms with van der Waals surface area (Å²) < 4.78 is 18.4. The molecular formula is C48H76O5Si2. The first-order valence-corrected chi connectivity index (χ1v) is 27.9. The molecule has 55 heavy (non-hydrogen) atoms. The lowest BCUT2D eigenvalue weighted by Crippen LogP contribution is -2.33. The van der Waals surface area contributed by atoms with Gasteiger partial charge in [0.2, 0.25) is 16.6 Å². The van der Waals surface area contributed by atoms with Gasteiger partial charge in [-0.2, -0.15) is 0 Å². The minimum absolute atomic E-state index is 0.0203. The third-order valence-electron chi connectivity index (χ3n) is 10.5. The zero-order chi connectivity index (χ0) is 41.1. The molecule has 0 bridgehead atoms. The third kappa shape index (κ3) is 14.5. The number of allylic oxidation sites excluding steroid dienone is 6. The molecule has 0 radical (unpaired) electrons. The summed E-state index contributed by atoms with van der Waals surface area (Å²) in [5, 5.41) is 20.8. The van der Waals surface area contributed by atoms with Gasteiger partial charge in [-0.1, -0.05) is 74.3 Å². The van der Waals surface area contributed by atoms with Crippen LogP contribution in [-0.2, 0) is 17.6 Å². The summed E-state index contributed by atoms with van der Waals surface area (Å²) in [5.41, 5.74) is 9.36. The molecule has 306 valence electrons. The van der Waals surface area contributed by atoms with Gasteiger partial charge < -0.3 is 23.8 Å². The number of hydrogen-bond donors (Lipinski definition) is 2. The van der Waals surface area contributed by atoms with E-state index in [0.717, 1.165) is 87.2 Å². The Morgan fingerprint density at radius 3 is 1.38 bits per heavy atom. The van der Waals surface area contributed by atoms with E-state index in [0.29, 0.717) is 11.5 Å². The highest BCUT2D eigenvalue weighted by molar-refractivity contribution is 6.71. The highest BCUT2D eigenvalue weighted by Gasteiger charge is 2.34. The minimum Gasteiger partial charge on any atom is -0.544 e. The molecule has 1 saturated heterocycles. The van der Waals surface area contributed by atoms with Gasteiger partial charge in [0.05, 0.1) is 0 Å². The SMILES string of the molecule is C1CCOC1.C=C(C)[C@@H]1CCC(C)=C[C@H]1c1c(O)cc(CCC)cc1O.C=C(C)[C@@H]1CCC(C)=C[C@H]1c1c(O[Si](C)(C)C)cc(CCC)cc1O[Si](C)(C)C. The topological polar surface area (TPSA) is 68.2 Å². The van der Waals surface area contributed by atoms with E-state index in [1.165, 1.54) is 40.7 Å². The summed E-state index contributed by atoms with van der Waals surface area (Å²) in [4.78, 5) is 0. The van der Waals surface area contributed by atoms with Crippen LogP contribution in [0.15, 0.2) is 71.9 Å². The normalized spacial score (nSPS) is 21.2. The number of ether oxygens (including phenoxy) is 1. The number of rotatable bonds is 12. The predicted octanol–water partition coefficient (Wildman–Crippen LogP) is 13.9. The molecule has 1 aliphatic heterocycles. The van der Waals surface area contributed by atoms with E-state index in [4.69, 9.17) is 13.6 Å². The Kier molecular flexibility index (Phi) is 17.7. The predicted molar refractivity (Wildman–Crippen MR) is 240 cm³/mol. The molecule has 1 fully saturated rings. The van der Waals surface area contributed by atoms with E-state index in [2.05, 4.69) is 111 Å². The van der Waals surface area contributed by atoms with E-state index >= 15 is 0 Å². The molecule has 2 aromatic carbocycles. The molecule has 1 heterocycles. The van der Waals surface area contributed by atoms with Crippen molar-refractivity contribution in [2.24, 2.45) is 11.8 Å². The maximum atomic E-state index is 10.4. The summed E-state index contributed by atoms with van der Waals surface area (Å²) in [6.45, 7) is 36.9. The largest absolute Gasteiger partial charge is 0.544 e. The van der Waals surface area contributed by atoms with E-state index < -0.39 is 16.6 Å². The van der Waals surface area contributed by atoms with Gasteiger partial charge >= 0.3 is 0 Å². The van der Waals surface area contributed by atoms with E-state index in [9.17, 15) is 10.2 Å². The quantitative estimate of drug-likeness (QED) is 0.166.